The van der Waals surface area contributed by atoms with E-state index in [-0.39, 0.29) is 25.0 Å². The minimum Gasteiger partial charge on any atom is -0.480 e. The van der Waals surface area contributed by atoms with Gasteiger partial charge in [0.2, 0.25) is 5.91 Å². The molecule has 0 saturated heterocycles. The number of para-hydroxylation sites is 1. The molecule has 0 spiro atoms. The molecule has 0 radical (unpaired) electrons. The van der Waals surface area contributed by atoms with Crippen LogP contribution in [-0.2, 0) is 9.59 Å². The van der Waals surface area contributed by atoms with Gasteiger partial charge in [0.15, 0.2) is 0 Å². The van der Waals surface area contributed by atoms with E-state index in [4.69, 9.17) is 5.11 Å². The van der Waals surface area contributed by atoms with Crippen molar-refractivity contribution in [2.75, 3.05) is 38.6 Å². The lowest BCUT2D eigenvalue weighted by Crippen LogP contribution is -2.42. The number of carboxylic acid groups (broad SMARTS) is 1. The highest BCUT2D eigenvalue weighted by atomic mass is 16.4. The second kappa shape index (κ2) is 9.58. The Labute approximate surface area is 154 Å². The molecular formula is C20H25N3O3. The first-order valence-electron chi connectivity index (χ1n) is 8.47. The summed E-state index contributed by atoms with van der Waals surface area (Å²) in [5, 5.41) is 12.0. The summed E-state index contributed by atoms with van der Waals surface area (Å²) in [5.74, 6) is -1.19. The van der Waals surface area contributed by atoms with Gasteiger partial charge < -0.3 is 20.2 Å². The highest BCUT2D eigenvalue weighted by Crippen LogP contribution is 2.17. The van der Waals surface area contributed by atoms with Crippen LogP contribution >= 0.6 is 0 Å². The van der Waals surface area contributed by atoms with Crippen molar-refractivity contribution >= 4 is 17.6 Å². The molecule has 0 fully saturated rings. The van der Waals surface area contributed by atoms with E-state index in [1.807, 2.05) is 67.5 Å². The summed E-state index contributed by atoms with van der Waals surface area (Å²) >= 11 is 0. The van der Waals surface area contributed by atoms with E-state index in [0.717, 1.165) is 5.56 Å². The topological polar surface area (TPSA) is 72.9 Å². The Hall–Kier alpha value is -2.86. The summed E-state index contributed by atoms with van der Waals surface area (Å²) < 4.78 is 0. The number of amides is 1. The van der Waals surface area contributed by atoms with Gasteiger partial charge in [0.25, 0.3) is 0 Å². The Morgan fingerprint density at radius 3 is 2.08 bits per heavy atom. The summed E-state index contributed by atoms with van der Waals surface area (Å²) in [6.07, 6.45) is 0. The standard InChI is InChI=1S/C20H25N3O3/c1-22(2)18(16-9-5-3-6-10-16)13-21-19(24)14-23(15-20(25)26)17-11-7-4-8-12-17/h3-12,18H,13-15H2,1-2H3,(H,21,24)(H,25,26). The smallest absolute Gasteiger partial charge is 0.323 e. The third-order valence-electron chi connectivity index (χ3n) is 4.08. The number of aliphatic carboxylic acids is 1. The summed E-state index contributed by atoms with van der Waals surface area (Å²) in [4.78, 5) is 27.1. The number of benzene rings is 2. The van der Waals surface area contributed by atoms with Gasteiger partial charge >= 0.3 is 5.97 Å². The fraction of sp³-hybridized carbons (Fsp3) is 0.300. The maximum atomic E-state index is 12.4. The lowest BCUT2D eigenvalue weighted by atomic mass is 10.1. The predicted molar refractivity (Wildman–Crippen MR) is 102 cm³/mol. The van der Waals surface area contributed by atoms with Crippen molar-refractivity contribution in [3.05, 3.63) is 66.2 Å². The molecule has 1 atom stereocenters. The van der Waals surface area contributed by atoms with Gasteiger partial charge in [-0.25, -0.2) is 0 Å². The van der Waals surface area contributed by atoms with Crippen LogP contribution in [0.5, 0.6) is 0 Å². The molecule has 6 nitrogen and oxygen atoms in total. The molecule has 0 aliphatic carbocycles. The highest BCUT2D eigenvalue weighted by molar-refractivity contribution is 5.84. The number of likely N-dealkylation sites (N-methyl/N-ethyl adjacent to an activating group) is 1. The molecule has 0 bridgehead atoms. The van der Waals surface area contributed by atoms with Crippen molar-refractivity contribution in [1.29, 1.82) is 0 Å². The van der Waals surface area contributed by atoms with Crippen LogP contribution in [0.3, 0.4) is 0 Å². The maximum Gasteiger partial charge on any atom is 0.323 e. The quantitative estimate of drug-likeness (QED) is 0.720. The van der Waals surface area contributed by atoms with Crippen LogP contribution in [0.1, 0.15) is 11.6 Å². The molecule has 2 aromatic rings. The van der Waals surface area contributed by atoms with Crippen molar-refractivity contribution in [3.63, 3.8) is 0 Å². The van der Waals surface area contributed by atoms with Crippen molar-refractivity contribution in [3.8, 4) is 0 Å². The monoisotopic (exact) mass is 355 g/mol. The summed E-state index contributed by atoms with van der Waals surface area (Å²) in [7, 11) is 3.93. The van der Waals surface area contributed by atoms with Crippen LogP contribution in [0.15, 0.2) is 60.7 Å². The molecule has 0 aromatic heterocycles. The normalized spacial score (nSPS) is 11.8. The van der Waals surface area contributed by atoms with Crippen LogP contribution < -0.4 is 10.2 Å². The fourth-order valence-corrected chi connectivity index (χ4v) is 2.75. The largest absolute Gasteiger partial charge is 0.480 e. The zero-order valence-electron chi connectivity index (χ0n) is 15.1. The third kappa shape index (κ3) is 5.89. The van der Waals surface area contributed by atoms with Gasteiger partial charge in [0, 0.05) is 12.2 Å². The molecule has 2 aromatic carbocycles. The van der Waals surface area contributed by atoms with Crippen molar-refractivity contribution < 1.29 is 14.7 Å². The fourth-order valence-electron chi connectivity index (χ4n) is 2.75. The second-order valence-electron chi connectivity index (χ2n) is 6.28. The highest BCUT2D eigenvalue weighted by Gasteiger charge is 2.18. The minimum absolute atomic E-state index is 0.00868. The number of nitrogens with zero attached hydrogens (tertiary/aromatic N) is 2. The molecule has 6 heteroatoms. The van der Waals surface area contributed by atoms with Gasteiger partial charge in [-0.05, 0) is 31.8 Å². The molecule has 1 amide bonds. The predicted octanol–water partition coefficient (Wildman–Crippen LogP) is 2.00. The number of anilines is 1. The number of hydrogen-bond acceptors (Lipinski definition) is 4. The number of rotatable bonds is 9. The first-order valence-corrected chi connectivity index (χ1v) is 8.47. The average molecular weight is 355 g/mol. The molecule has 2 N–H and O–H groups in total. The zero-order valence-corrected chi connectivity index (χ0v) is 15.1. The Kier molecular flexibility index (Phi) is 7.17. The zero-order chi connectivity index (χ0) is 18.9. The Morgan fingerprint density at radius 2 is 1.54 bits per heavy atom. The van der Waals surface area contributed by atoms with Gasteiger partial charge in [0.1, 0.15) is 6.54 Å². The van der Waals surface area contributed by atoms with E-state index in [2.05, 4.69) is 5.32 Å². The lowest BCUT2D eigenvalue weighted by molar-refractivity contribution is -0.135. The minimum atomic E-state index is -0.975. The molecule has 0 saturated carbocycles. The number of carbonyl (C=O) groups is 2. The van der Waals surface area contributed by atoms with Crippen molar-refractivity contribution in [2.24, 2.45) is 0 Å². The van der Waals surface area contributed by atoms with Crippen molar-refractivity contribution in [1.82, 2.24) is 10.2 Å². The van der Waals surface area contributed by atoms with Crippen LogP contribution in [0.4, 0.5) is 5.69 Å². The first-order chi connectivity index (χ1) is 12.5. The Balaban J connectivity index is 1.99. The lowest BCUT2D eigenvalue weighted by Gasteiger charge is -2.26. The molecule has 0 aliphatic rings. The van der Waals surface area contributed by atoms with Crippen LogP contribution in [0.2, 0.25) is 0 Å². The van der Waals surface area contributed by atoms with E-state index in [9.17, 15) is 9.59 Å². The van der Waals surface area contributed by atoms with Gasteiger partial charge in [0.05, 0.1) is 12.6 Å². The van der Waals surface area contributed by atoms with E-state index in [0.29, 0.717) is 12.2 Å². The third-order valence-corrected chi connectivity index (χ3v) is 4.08. The van der Waals surface area contributed by atoms with Crippen LogP contribution in [0.25, 0.3) is 0 Å². The Morgan fingerprint density at radius 1 is 0.962 bits per heavy atom. The van der Waals surface area contributed by atoms with E-state index in [1.165, 1.54) is 0 Å². The summed E-state index contributed by atoms with van der Waals surface area (Å²) in [6.45, 7) is 0.212. The molecule has 0 aliphatic heterocycles. The molecular weight excluding hydrogens is 330 g/mol. The van der Waals surface area contributed by atoms with Gasteiger partial charge in [-0.2, -0.15) is 0 Å². The average Bonchev–Trinajstić information content (AvgIpc) is 2.62. The van der Waals surface area contributed by atoms with Crippen LogP contribution in [-0.4, -0.2) is 55.6 Å². The van der Waals surface area contributed by atoms with E-state index < -0.39 is 5.97 Å². The molecule has 2 rings (SSSR count). The van der Waals surface area contributed by atoms with E-state index in [1.54, 1.807) is 17.0 Å². The van der Waals surface area contributed by atoms with Crippen LogP contribution in [0, 0.1) is 0 Å². The number of hydrogen-bond donors (Lipinski definition) is 2. The molecule has 138 valence electrons. The number of carboxylic acids is 1. The number of carbonyl (C=O) groups excluding carboxylic acids is 1. The van der Waals surface area contributed by atoms with E-state index >= 15 is 0 Å². The summed E-state index contributed by atoms with van der Waals surface area (Å²) in [5.41, 5.74) is 1.82. The van der Waals surface area contributed by atoms with Gasteiger partial charge in [-0.1, -0.05) is 48.5 Å². The van der Waals surface area contributed by atoms with Gasteiger partial charge in [-0.15, -0.1) is 0 Å². The molecule has 1 unspecified atom stereocenters. The maximum absolute atomic E-state index is 12.4. The Bertz CT molecular complexity index is 705. The summed E-state index contributed by atoms with van der Waals surface area (Å²) in [6, 6.07) is 19.1. The van der Waals surface area contributed by atoms with Gasteiger partial charge in [-0.3, -0.25) is 9.59 Å². The number of nitrogens with one attached hydrogen (secondary N) is 1. The SMILES string of the molecule is CN(C)C(CNC(=O)CN(CC(=O)O)c1ccccc1)c1ccccc1. The second-order valence-corrected chi connectivity index (χ2v) is 6.28. The van der Waals surface area contributed by atoms with Crippen molar-refractivity contribution in [2.45, 2.75) is 6.04 Å². The molecule has 26 heavy (non-hydrogen) atoms. The molecule has 0 heterocycles. The first kappa shape index (κ1) is 19.5.